The molecule has 1 saturated heterocycles. The minimum absolute atomic E-state index is 0.0265. The van der Waals surface area contributed by atoms with E-state index in [0.29, 0.717) is 13.0 Å². The number of carbonyl (C=O) groups excluding carboxylic acids is 1. The summed E-state index contributed by atoms with van der Waals surface area (Å²) in [5.41, 5.74) is 5.30. The van der Waals surface area contributed by atoms with Gasteiger partial charge in [0.25, 0.3) is 0 Å². The predicted octanol–water partition coefficient (Wildman–Crippen LogP) is 4.31. The summed E-state index contributed by atoms with van der Waals surface area (Å²) in [5, 5.41) is -0.698. The van der Waals surface area contributed by atoms with Crippen molar-refractivity contribution < 1.29 is 9.00 Å². The van der Waals surface area contributed by atoms with Gasteiger partial charge in [-0.2, -0.15) is 0 Å². The molecule has 0 aromatic heterocycles. The number of fused-ring (bicyclic) bond motifs is 3. The molecule has 4 heteroatoms. The van der Waals surface area contributed by atoms with Crippen LogP contribution in [0.1, 0.15) is 22.8 Å². The summed E-state index contributed by atoms with van der Waals surface area (Å²) in [4.78, 5) is 14.8. The molecule has 1 amide bonds. The van der Waals surface area contributed by atoms with Crippen LogP contribution in [-0.2, 0) is 15.6 Å². The highest BCUT2D eigenvalue weighted by Crippen LogP contribution is 2.47. The number of hydrogen-bond acceptors (Lipinski definition) is 2. The van der Waals surface area contributed by atoms with Crippen LogP contribution < -0.4 is 4.90 Å². The van der Waals surface area contributed by atoms with Crippen LogP contribution in [0.15, 0.2) is 78.9 Å². The fraction of sp³-hybridized carbons (Fsp3) is 0.174. The molecule has 1 aliphatic heterocycles. The highest BCUT2D eigenvalue weighted by molar-refractivity contribution is 7.87. The first-order valence-corrected chi connectivity index (χ1v) is 10.5. The molecule has 2 aliphatic rings. The van der Waals surface area contributed by atoms with Crippen LogP contribution in [-0.4, -0.2) is 21.9 Å². The van der Waals surface area contributed by atoms with Crippen molar-refractivity contribution in [3.05, 3.63) is 90.0 Å². The molecule has 2 atom stereocenters. The maximum Gasteiger partial charge on any atom is 0.242 e. The van der Waals surface area contributed by atoms with Crippen LogP contribution in [0.2, 0.25) is 0 Å². The maximum absolute atomic E-state index is 13.6. The molecule has 27 heavy (non-hydrogen) atoms. The minimum atomic E-state index is -1.31. The van der Waals surface area contributed by atoms with Gasteiger partial charge in [0.15, 0.2) is 0 Å². The zero-order chi connectivity index (χ0) is 18.4. The van der Waals surface area contributed by atoms with E-state index in [0.717, 1.165) is 27.9 Å². The fourth-order valence-electron chi connectivity index (χ4n) is 4.26. The van der Waals surface area contributed by atoms with Crippen LogP contribution >= 0.6 is 0 Å². The molecule has 3 aromatic rings. The molecular formula is C23H19NO2S. The van der Waals surface area contributed by atoms with Gasteiger partial charge in [-0.15, -0.1) is 0 Å². The van der Waals surface area contributed by atoms with E-state index in [1.807, 2.05) is 66.7 Å². The van der Waals surface area contributed by atoms with Crippen LogP contribution in [0.25, 0.3) is 11.1 Å². The van der Waals surface area contributed by atoms with E-state index < -0.39 is 16.0 Å². The summed E-state index contributed by atoms with van der Waals surface area (Å²) < 4.78 is 13.6. The summed E-state index contributed by atoms with van der Waals surface area (Å²) in [6.45, 7) is 0.620. The third-order valence-corrected chi connectivity index (χ3v) is 7.48. The van der Waals surface area contributed by atoms with Crippen LogP contribution in [0.3, 0.4) is 0 Å². The predicted molar refractivity (Wildman–Crippen MR) is 109 cm³/mol. The van der Waals surface area contributed by atoms with Gasteiger partial charge in [-0.1, -0.05) is 66.7 Å². The molecule has 3 nitrogen and oxygen atoms in total. The maximum atomic E-state index is 13.6. The van der Waals surface area contributed by atoms with Crippen molar-refractivity contribution in [3.8, 4) is 11.1 Å². The largest absolute Gasteiger partial charge is 0.311 e. The van der Waals surface area contributed by atoms with Crippen molar-refractivity contribution in [1.82, 2.24) is 0 Å². The smallest absolute Gasteiger partial charge is 0.242 e. The molecule has 134 valence electrons. The monoisotopic (exact) mass is 373 g/mol. The number of rotatable bonds is 3. The van der Waals surface area contributed by atoms with Gasteiger partial charge in [0, 0.05) is 23.0 Å². The number of amides is 1. The van der Waals surface area contributed by atoms with E-state index in [1.165, 1.54) is 0 Å². The van der Waals surface area contributed by atoms with E-state index in [2.05, 4.69) is 12.1 Å². The average Bonchev–Trinajstić information content (AvgIpc) is 3.26. The van der Waals surface area contributed by atoms with E-state index in [1.54, 1.807) is 4.90 Å². The normalized spacial score (nSPS) is 19.8. The number of hydrogen-bond donors (Lipinski definition) is 0. The molecule has 1 aliphatic carbocycles. The Kier molecular flexibility index (Phi) is 3.94. The Hall–Kier alpha value is -2.72. The lowest BCUT2D eigenvalue weighted by molar-refractivity contribution is -0.116. The quantitative estimate of drug-likeness (QED) is 0.686. The van der Waals surface area contributed by atoms with Crippen LogP contribution in [0, 0.1) is 0 Å². The van der Waals surface area contributed by atoms with Crippen molar-refractivity contribution in [3.63, 3.8) is 0 Å². The number of carbonyl (C=O) groups is 1. The second-order valence-electron chi connectivity index (χ2n) is 6.99. The SMILES string of the molecule is O=C1C(S(=O)C2c3ccccc3-c3ccccc32)CCN1c1ccccc1. The molecule has 1 fully saturated rings. The lowest BCUT2D eigenvalue weighted by Crippen LogP contribution is -2.33. The summed E-state index contributed by atoms with van der Waals surface area (Å²) in [6.07, 6.45) is 0.626. The molecule has 0 N–H and O–H groups in total. The lowest BCUT2D eigenvalue weighted by atomic mass is 10.1. The van der Waals surface area contributed by atoms with Crippen molar-refractivity contribution in [2.45, 2.75) is 16.9 Å². The lowest BCUT2D eigenvalue weighted by Gasteiger charge is -2.19. The van der Waals surface area contributed by atoms with Gasteiger partial charge in [0.1, 0.15) is 5.25 Å². The number of para-hydroxylation sites is 1. The standard InChI is InChI=1S/C23H19NO2S/c25-23-21(14-15-24(23)16-8-2-1-3-9-16)27(26)22-19-12-6-4-10-17(19)18-11-5-7-13-20(18)22/h1-13,21-22H,14-15H2. The Bertz CT molecular complexity index is 1000. The Morgan fingerprint density at radius 3 is 1.96 bits per heavy atom. The first-order valence-electron chi connectivity index (χ1n) is 9.20. The molecule has 3 aromatic carbocycles. The van der Waals surface area contributed by atoms with Crippen molar-refractivity contribution >= 4 is 22.4 Å². The van der Waals surface area contributed by atoms with E-state index in [-0.39, 0.29) is 11.2 Å². The Balaban J connectivity index is 1.51. The zero-order valence-corrected chi connectivity index (χ0v) is 15.6. The van der Waals surface area contributed by atoms with Gasteiger partial charge in [-0.25, -0.2) is 0 Å². The van der Waals surface area contributed by atoms with Crippen molar-refractivity contribution in [1.29, 1.82) is 0 Å². The molecule has 1 heterocycles. The van der Waals surface area contributed by atoms with Gasteiger partial charge in [0.2, 0.25) is 5.91 Å². The molecular weight excluding hydrogens is 354 g/mol. The third-order valence-electron chi connectivity index (χ3n) is 5.51. The first-order chi connectivity index (χ1) is 13.3. The van der Waals surface area contributed by atoms with E-state index >= 15 is 0 Å². The van der Waals surface area contributed by atoms with Crippen LogP contribution in [0.5, 0.6) is 0 Å². The third kappa shape index (κ3) is 2.55. The molecule has 0 radical (unpaired) electrons. The highest BCUT2D eigenvalue weighted by Gasteiger charge is 2.43. The van der Waals surface area contributed by atoms with Gasteiger partial charge >= 0.3 is 0 Å². The number of benzene rings is 3. The molecule has 0 bridgehead atoms. The zero-order valence-electron chi connectivity index (χ0n) is 14.7. The Labute approximate surface area is 161 Å². The second kappa shape index (κ2) is 6.46. The average molecular weight is 373 g/mol. The van der Waals surface area contributed by atoms with E-state index in [4.69, 9.17) is 0 Å². The molecule has 2 unspecified atom stereocenters. The Morgan fingerprint density at radius 2 is 1.33 bits per heavy atom. The molecule has 0 spiro atoms. The second-order valence-corrected chi connectivity index (χ2v) is 8.68. The first kappa shape index (κ1) is 16.5. The highest BCUT2D eigenvalue weighted by atomic mass is 32.2. The molecule has 5 rings (SSSR count). The van der Waals surface area contributed by atoms with Crippen molar-refractivity contribution in [2.24, 2.45) is 0 Å². The number of nitrogens with zero attached hydrogens (tertiary/aromatic N) is 1. The van der Waals surface area contributed by atoms with Gasteiger partial charge in [-0.05, 0) is 40.8 Å². The summed E-state index contributed by atoms with van der Waals surface area (Å²) >= 11 is 0. The van der Waals surface area contributed by atoms with Crippen LogP contribution in [0.4, 0.5) is 5.69 Å². The fourth-order valence-corrected chi connectivity index (χ4v) is 6.16. The molecule has 0 saturated carbocycles. The topological polar surface area (TPSA) is 37.4 Å². The van der Waals surface area contributed by atoms with Gasteiger partial charge < -0.3 is 4.90 Å². The van der Waals surface area contributed by atoms with Gasteiger partial charge in [0.05, 0.1) is 5.25 Å². The van der Waals surface area contributed by atoms with E-state index in [9.17, 15) is 9.00 Å². The summed E-state index contributed by atoms with van der Waals surface area (Å²) in [7, 11) is -1.31. The Morgan fingerprint density at radius 1 is 0.778 bits per heavy atom. The summed E-state index contributed by atoms with van der Waals surface area (Å²) in [6, 6.07) is 25.9. The number of anilines is 1. The minimum Gasteiger partial charge on any atom is -0.311 e. The van der Waals surface area contributed by atoms with Gasteiger partial charge in [-0.3, -0.25) is 9.00 Å². The van der Waals surface area contributed by atoms with Crippen molar-refractivity contribution in [2.75, 3.05) is 11.4 Å². The summed E-state index contributed by atoms with van der Waals surface area (Å²) in [5.74, 6) is -0.0265.